The predicted molar refractivity (Wildman–Crippen MR) is 129 cm³/mol. The molecule has 0 atom stereocenters. The summed E-state index contributed by atoms with van der Waals surface area (Å²) >= 11 is 0. The van der Waals surface area contributed by atoms with Crippen LogP contribution < -0.4 is 15.0 Å². The van der Waals surface area contributed by atoms with Crippen molar-refractivity contribution in [1.82, 2.24) is 4.90 Å². The highest BCUT2D eigenvalue weighted by Gasteiger charge is 2.26. The van der Waals surface area contributed by atoms with Crippen molar-refractivity contribution in [1.29, 1.82) is 0 Å². The number of carboxylic acids is 1. The summed E-state index contributed by atoms with van der Waals surface area (Å²) in [5, 5.41) is 12.5. The second kappa shape index (κ2) is 10.7. The first-order valence-electron chi connectivity index (χ1n) is 11.8. The van der Waals surface area contributed by atoms with Gasteiger partial charge in [0.2, 0.25) is 5.91 Å². The van der Waals surface area contributed by atoms with Crippen molar-refractivity contribution in [2.45, 2.75) is 44.6 Å². The van der Waals surface area contributed by atoms with E-state index in [9.17, 15) is 14.7 Å². The maximum absolute atomic E-state index is 12.5. The summed E-state index contributed by atoms with van der Waals surface area (Å²) in [6.45, 7) is 4.25. The van der Waals surface area contributed by atoms with Crippen molar-refractivity contribution < 1.29 is 19.4 Å². The van der Waals surface area contributed by atoms with Gasteiger partial charge >= 0.3 is 5.97 Å². The van der Waals surface area contributed by atoms with Gasteiger partial charge in [-0.1, -0.05) is 18.6 Å². The standard InChI is InChI=1S/C26H33N3O4/c1-33-22-8-5-19(6-9-22)17-25(30)27-24-10-7-21(18-23(24)26(31)32)29-15-11-20(12-16-29)28-13-3-2-4-14-28/h5-10,18,20H,2-4,11-17H2,1H3,(H,27,30)(H,31,32). The minimum atomic E-state index is -1.04. The highest BCUT2D eigenvalue weighted by Crippen LogP contribution is 2.28. The van der Waals surface area contributed by atoms with Gasteiger partial charge in [0.15, 0.2) is 0 Å². The zero-order chi connectivity index (χ0) is 23.2. The molecule has 2 aliphatic heterocycles. The van der Waals surface area contributed by atoms with E-state index < -0.39 is 5.97 Å². The largest absolute Gasteiger partial charge is 0.497 e. The monoisotopic (exact) mass is 451 g/mol. The number of hydrogen-bond donors (Lipinski definition) is 2. The van der Waals surface area contributed by atoms with Gasteiger partial charge in [0, 0.05) is 24.8 Å². The lowest BCUT2D eigenvalue weighted by molar-refractivity contribution is -0.115. The summed E-state index contributed by atoms with van der Waals surface area (Å²) in [6, 6.07) is 13.2. The summed E-state index contributed by atoms with van der Waals surface area (Å²) in [4.78, 5) is 29.4. The number of carbonyl (C=O) groups is 2. The maximum atomic E-state index is 12.5. The van der Waals surface area contributed by atoms with Crippen LogP contribution in [0.4, 0.5) is 11.4 Å². The summed E-state index contributed by atoms with van der Waals surface area (Å²) in [5.74, 6) is -0.569. The van der Waals surface area contributed by atoms with E-state index in [1.807, 2.05) is 18.2 Å². The Morgan fingerprint density at radius 2 is 1.70 bits per heavy atom. The Labute approximate surface area is 195 Å². The highest BCUT2D eigenvalue weighted by atomic mass is 16.5. The van der Waals surface area contributed by atoms with Crippen LogP contribution in [0, 0.1) is 0 Å². The zero-order valence-corrected chi connectivity index (χ0v) is 19.3. The fourth-order valence-electron chi connectivity index (χ4n) is 4.91. The van der Waals surface area contributed by atoms with E-state index in [1.54, 1.807) is 31.4 Å². The number of aromatic carboxylic acids is 1. The van der Waals surface area contributed by atoms with Gasteiger partial charge in [0.05, 0.1) is 24.8 Å². The Kier molecular flexibility index (Phi) is 7.50. The molecule has 4 rings (SSSR count). The van der Waals surface area contributed by atoms with Gasteiger partial charge in [-0.2, -0.15) is 0 Å². The third-order valence-corrected chi connectivity index (χ3v) is 6.77. The normalized spacial score (nSPS) is 17.5. The highest BCUT2D eigenvalue weighted by molar-refractivity contribution is 6.01. The topological polar surface area (TPSA) is 82.1 Å². The fraction of sp³-hybridized carbons (Fsp3) is 0.462. The second-order valence-corrected chi connectivity index (χ2v) is 8.92. The third-order valence-electron chi connectivity index (χ3n) is 6.77. The first kappa shape index (κ1) is 23.1. The Balaban J connectivity index is 1.39. The molecule has 2 heterocycles. The Hall–Kier alpha value is -3.06. The number of amides is 1. The average Bonchev–Trinajstić information content (AvgIpc) is 2.85. The van der Waals surface area contributed by atoms with E-state index in [1.165, 1.54) is 32.4 Å². The number of ether oxygens (including phenoxy) is 1. The van der Waals surface area contributed by atoms with Gasteiger partial charge in [-0.15, -0.1) is 0 Å². The number of likely N-dealkylation sites (tertiary alicyclic amines) is 1. The molecule has 1 amide bonds. The van der Waals surface area contributed by atoms with Crippen LogP contribution in [0.2, 0.25) is 0 Å². The van der Waals surface area contributed by atoms with Crippen molar-refractivity contribution in [3.63, 3.8) is 0 Å². The number of methoxy groups -OCH3 is 1. The average molecular weight is 452 g/mol. The molecule has 2 aromatic carbocycles. The number of benzene rings is 2. The first-order chi connectivity index (χ1) is 16.0. The second-order valence-electron chi connectivity index (χ2n) is 8.92. The number of nitrogens with one attached hydrogen (secondary N) is 1. The molecule has 2 aromatic rings. The van der Waals surface area contributed by atoms with Crippen LogP contribution in [0.25, 0.3) is 0 Å². The lowest BCUT2D eigenvalue weighted by Gasteiger charge is -2.41. The van der Waals surface area contributed by atoms with E-state index in [2.05, 4.69) is 15.1 Å². The number of carbonyl (C=O) groups excluding carboxylic acids is 1. The van der Waals surface area contributed by atoms with Crippen LogP contribution in [-0.2, 0) is 11.2 Å². The molecule has 0 bridgehead atoms. The summed E-state index contributed by atoms with van der Waals surface area (Å²) in [7, 11) is 1.59. The number of piperidine rings is 2. The molecule has 176 valence electrons. The van der Waals surface area contributed by atoms with Gasteiger partial charge in [0.25, 0.3) is 0 Å². The van der Waals surface area contributed by atoms with Gasteiger partial charge in [-0.05, 0) is 74.7 Å². The van der Waals surface area contributed by atoms with E-state index in [-0.39, 0.29) is 17.9 Å². The predicted octanol–water partition coefficient (Wildman–Crippen LogP) is 4.03. The number of hydrogen-bond acceptors (Lipinski definition) is 5. The number of rotatable bonds is 7. The quantitative estimate of drug-likeness (QED) is 0.662. The number of anilines is 2. The molecule has 2 aliphatic rings. The van der Waals surface area contributed by atoms with Crippen LogP contribution in [0.1, 0.15) is 48.0 Å². The molecule has 2 N–H and O–H groups in total. The number of nitrogens with zero attached hydrogens (tertiary/aromatic N) is 2. The maximum Gasteiger partial charge on any atom is 0.337 e. The van der Waals surface area contributed by atoms with Crippen molar-refractivity contribution in [3.05, 3.63) is 53.6 Å². The Morgan fingerprint density at radius 1 is 1.00 bits per heavy atom. The minimum Gasteiger partial charge on any atom is -0.497 e. The molecule has 0 aromatic heterocycles. The molecule has 7 heteroatoms. The molecule has 7 nitrogen and oxygen atoms in total. The van der Waals surface area contributed by atoms with E-state index >= 15 is 0 Å². The molecule has 33 heavy (non-hydrogen) atoms. The molecular weight excluding hydrogens is 418 g/mol. The van der Waals surface area contributed by atoms with Gasteiger partial charge < -0.3 is 25.0 Å². The molecule has 0 spiro atoms. The van der Waals surface area contributed by atoms with Crippen LogP contribution in [-0.4, -0.2) is 61.2 Å². The Morgan fingerprint density at radius 3 is 2.33 bits per heavy atom. The summed E-state index contributed by atoms with van der Waals surface area (Å²) in [5.41, 5.74) is 2.18. The molecule has 2 saturated heterocycles. The van der Waals surface area contributed by atoms with Gasteiger partial charge in [-0.25, -0.2) is 4.79 Å². The smallest absolute Gasteiger partial charge is 0.337 e. The summed E-state index contributed by atoms with van der Waals surface area (Å²) in [6.07, 6.45) is 6.30. The molecule has 0 aliphatic carbocycles. The van der Waals surface area contributed by atoms with Crippen molar-refractivity contribution in [2.24, 2.45) is 0 Å². The molecule has 2 fully saturated rings. The van der Waals surface area contributed by atoms with Crippen molar-refractivity contribution >= 4 is 23.3 Å². The van der Waals surface area contributed by atoms with E-state index in [0.717, 1.165) is 42.9 Å². The fourth-order valence-corrected chi connectivity index (χ4v) is 4.91. The van der Waals surface area contributed by atoms with Gasteiger partial charge in [0.1, 0.15) is 5.75 Å². The SMILES string of the molecule is COc1ccc(CC(=O)Nc2ccc(N3CCC(N4CCCCC4)CC3)cc2C(=O)O)cc1. The van der Waals surface area contributed by atoms with Crippen LogP contribution >= 0.6 is 0 Å². The van der Waals surface area contributed by atoms with Crippen LogP contribution in [0.3, 0.4) is 0 Å². The molecule has 0 unspecified atom stereocenters. The van der Waals surface area contributed by atoms with Crippen molar-refractivity contribution in [3.8, 4) is 5.75 Å². The minimum absolute atomic E-state index is 0.119. The number of carboxylic acid groups (broad SMARTS) is 1. The summed E-state index contributed by atoms with van der Waals surface area (Å²) < 4.78 is 5.14. The first-order valence-corrected chi connectivity index (χ1v) is 11.8. The molecule has 0 radical (unpaired) electrons. The third kappa shape index (κ3) is 5.85. The van der Waals surface area contributed by atoms with Gasteiger partial charge in [-0.3, -0.25) is 4.79 Å². The van der Waals surface area contributed by atoms with Crippen LogP contribution in [0.15, 0.2) is 42.5 Å². The Bertz CT molecular complexity index is 962. The van der Waals surface area contributed by atoms with E-state index in [4.69, 9.17) is 4.74 Å². The van der Waals surface area contributed by atoms with Crippen LogP contribution in [0.5, 0.6) is 5.75 Å². The molecular formula is C26H33N3O4. The molecule has 0 saturated carbocycles. The lowest BCUT2D eigenvalue weighted by atomic mass is 9.99. The van der Waals surface area contributed by atoms with Crippen molar-refractivity contribution in [2.75, 3.05) is 43.5 Å². The zero-order valence-electron chi connectivity index (χ0n) is 19.3. The lowest BCUT2D eigenvalue weighted by Crippen LogP contribution is -2.46. The van der Waals surface area contributed by atoms with E-state index in [0.29, 0.717) is 11.7 Å².